The van der Waals surface area contributed by atoms with Gasteiger partial charge in [0, 0.05) is 20.2 Å². The van der Waals surface area contributed by atoms with Crippen molar-refractivity contribution in [2.75, 3.05) is 33.9 Å². The topological polar surface area (TPSA) is 58.7 Å². The zero-order chi connectivity index (χ0) is 12.1. The van der Waals surface area contributed by atoms with Gasteiger partial charge in [0.15, 0.2) is 0 Å². The van der Waals surface area contributed by atoms with Crippen LogP contribution in [0.25, 0.3) is 0 Å². The van der Waals surface area contributed by atoms with Gasteiger partial charge in [-0.2, -0.15) is 13.2 Å². The summed E-state index contributed by atoms with van der Waals surface area (Å²) in [6, 6.07) is -1.73. The van der Waals surface area contributed by atoms with E-state index in [2.05, 4.69) is 4.74 Å². The highest BCUT2D eigenvalue weighted by atomic mass is 19.4. The van der Waals surface area contributed by atoms with Gasteiger partial charge in [-0.25, -0.2) is 0 Å². The zero-order valence-electron chi connectivity index (χ0n) is 8.79. The van der Waals surface area contributed by atoms with Crippen LogP contribution in [0, 0.1) is 0 Å². The summed E-state index contributed by atoms with van der Waals surface area (Å²) in [5.41, 5.74) is 5.03. The minimum absolute atomic E-state index is 0.000507. The van der Waals surface area contributed by atoms with Crippen LogP contribution in [0.3, 0.4) is 0 Å². The van der Waals surface area contributed by atoms with Crippen molar-refractivity contribution in [2.45, 2.75) is 18.3 Å². The molecule has 0 bridgehead atoms. The fourth-order valence-electron chi connectivity index (χ4n) is 1.27. The van der Waals surface area contributed by atoms with Gasteiger partial charge in [0.05, 0.1) is 12.7 Å². The molecule has 4 nitrogen and oxygen atoms in total. The van der Waals surface area contributed by atoms with Gasteiger partial charge in [-0.15, -0.1) is 0 Å². The first-order valence-corrected chi connectivity index (χ1v) is 4.47. The third kappa shape index (κ3) is 5.31. The minimum atomic E-state index is -4.38. The SMILES string of the molecule is COCC(O)CN(C)C(CN)C(F)(F)F. The molecule has 0 aromatic rings. The van der Waals surface area contributed by atoms with Crippen LogP contribution in [0.2, 0.25) is 0 Å². The van der Waals surface area contributed by atoms with Gasteiger partial charge in [0.1, 0.15) is 6.04 Å². The maximum atomic E-state index is 12.4. The lowest BCUT2D eigenvalue weighted by Gasteiger charge is -2.30. The highest BCUT2D eigenvalue weighted by molar-refractivity contribution is 4.79. The van der Waals surface area contributed by atoms with Gasteiger partial charge < -0.3 is 15.6 Å². The van der Waals surface area contributed by atoms with Crippen LogP contribution in [0.1, 0.15) is 0 Å². The van der Waals surface area contributed by atoms with Crippen molar-refractivity contribution in [3.8, 4) is 0 Å². The van der Waals surface area contributed by atoms with E-state index in [4.69, 9.17) is 5.73 Å². The predicted octanol–water partition coefficient (Wildman–Crippen LogP) is -0.185. The summed E-state index contributed by atoms with van der Waals surface area (Å²) in [5, 5.41) is 9.25. The molecule has 0 aromatic heterocycles. The Kier molecular flexibility index (Phi) is 6.11. The molecule has 0 heterocycles. The quantitative estimate of drug-likeness (QED) is 0.664. The smallest absolute Gasteiger partial charge is 0.389 e. The first-order chi connectivity index (χ1) is 6.82. The maximum Gasteiger partial charge on any atom is 0.405 e. The molecule has 0 aliphatic rings. The van der Waals surface area contributed by atoms with Crippen molar-refractivity contribution < 1.29 is 23.0 Å². The summed E-state index contributed by atoms with van der Waals surface area (Å²) in [7, 11) is 2.64. The van der Waals surface area contributed by atoms with Crippen LogP contribution in [0.4, 0.5) is 13.2 Å². The summed E-state index contributed by atoms with van der Waals surface area (Å²) < 4.78 is 41.7. The monoisotopic (exact) mass is 230 g/mol. The molecular weight excluding hydrogens is 213 g/mol. The normalized spacial score (nSPS) is 16.8. The van der Waals surface area contributed by atoms with E-state index in [9.17, 15) is 18.3 Å². The van der Waals surface area contributed by atoms with E-state index in [1.807, 2.05) is 0 Å². The Labute approximate surface area is 86.8 Å². The average Bonchev–Trinajstić information content (AvgIpc) is 2.02. The average molecular weight is 230 g/mol. The van der Waals surface area contributed by atoms with Crippen LogP contribution < -0.4 is 5.73 Å². The number of ether oxygens (including phenoxy) is 1. The van der Waals surface area contributed by atoms with E-state index in [1.54, 1.807) is 0 Å². The number of halogens is 3. The van der Waals surface area contributed by atoms with Gasteiger partial charge >= 0.3 is 6.18 Å². The molecule has 3 N–H and O–H groups in total. The van der Waals surface area contributed by atoms with Gasteiger partial charge in [-0.05, 0) is 7.05 Å². The molecule has 0 aliphatic carbocycles. The number of hydrogen-bond acceptors (Lipinski definition) is 4. The molecule has 0 rings (SSSR count). The fraction of sp³-hybridized carbons (Fsp3) is 1.00. The van der Waals surface area contributed by atoms with Gasteiger partial charge in [0.2, 0.25) is 0 Å². The lowest BCUT2D eigenvalue weighted by Crippen LogP contribution is -2.51. The Morgan fingerprint density at radius 1 is 1.47 bits per heavy atom. The third-order valence-corrected chi connectivity index (χ3v) is 1.99. The maximum absolute atomic E-state index is 12.4. The van der Waals surface area contributed by atoms with Gasteiger partial charge in [-0.3, -0.25) is 4.90 Å². The Morgan fingerprint density at radius 2 is 2.00 bits per heavy atom. The van der Waals surface area contributed by atoms with Crippen molar-refractivity contribution in [3.63, 3.8) is 0 Å². The van der Waals surface area contributed by atoms with Crippen molar-refractivity contribution in [1.82, 2.24) is 4.90 Å². The van der Waals surface area contributed by atoms with Crippen molar-refractivity contribution in [2.24, 2.45) is 5.73 Å². The van der Waals surface area contributed by atoms with E-state index in [0.29, 0.717) is 0 Å². The summed E-state index contributed by atoms with van der Waals surface area (Å²) in [6.07, 6.45) is -5.33. The van der Waals surface area contributed by atoms with Crippen LogP contribution in [0.5, 0.6) is 0 Å². The standard InChI is InChI=1S/C8H17F3N2O2/c1-13(4-6(14)5-15-2)7(3-12)8(9,10)11/h6-7,14H,3-5,12H2,1-2H3. The van der Waals surface area contributed by atoms with E-state index < -0.39 is 24.9 Å². The van der Waals surface area contributed by atoms with Crippen LogP contribution in [-0.4, -0.2) is 62.2 Å². The lowest BCUT2D eigenvalue weighted by atomic mass is 10.2. The summed E-state index contributed by atoms with van der Waals surface area (Å²) in [6.45, 7) is -0.658. The molecule has 0 fully saturated rings. The highest BCUT2D eigenvalue weighted by Gasteiger charge is 2.41. The lowest BCUT2D eigenvalue weighted by molar-refractivity contribution is -0.180. The first kappa shape index (κ1) is 14.6. The van der Waals surface area contributed by atoms with Gasteiger partial charge in [0.25, 0.3) is 0 Å². The fourth-order valence-corrected chi connectivity index (χ4v) is 1.27. The molecule has 2 atom stereocenters. The molecular formula is C8H17F3N2O2. The molecule has 0 aromatic carbocycles. The van der Waals surface area contributed by atoms with Gasteiger partial charge in [-0.1, -0.05) is 0 Å². The van der Waals surface area contributed by atoms with Crippen molar-refractivity contribution >= 4 is 0 Å². The van der Waals surface area contributed by atoms with Crippen molar-refractivity contribution in [1.29, 1.82) is 0 Å². The molecule has 0 radical (unpaired) electrons. The largest absolute Gasteiger partial charge is 0.405 e. The zero-order valence-corrected chi connectivity index (χ0v) is 8.79. The molecule has 0 saturated heterocycles. The third-order valence-electron chi connectivity index (χ3n) is 1.99. The molecule has 7 heteroatoms. The second-order valence-electron chi connectivity index (χ2n) is 3.34. The predicted molar refractivity (Wildman–Crippen MR) is 49.4 cm³/mol. The van der Waals surface area contributed by atoms with Crippen LogP contribution in [-0.2, 0) is 4.74 Å². The summed E-state index contributed by atoms with van der Waals surface area (Å²) in [4.78, 5) is 0.976. The number of hydrogen-bond donors (Lipinski definition) is 2. The second kappa shape index (κ2) is 6.26. The second-order valence-corrected chi connectivity index (χ2v) is 3.34. The molecule has 2 unspecified atom stereocenters. The summed E-state index contributed by atoms with van der Waals surface area (Å²) >= 11 is 0. The van der Waals surface area contributed by atoms with E-state index in [1.165, 1.54) is 14.2 Å². The van der Waals surface area contributed by atoms with Crippen molar-refractivity contribution in [3.05, 3.63) is 0 Å². The Bertz CT molecular complexity index is 178. The van der Waals surface area contributed by atoms with E-state index >= 15 is 0 Å². The number of aliphatic hydroxyl groups is 1. The van der Waals surface area contributed by atoms with E-state index in [0.717, 1.165) is 4.90 Å². The Balaban J connectivity index is 4.21. The van der Waals surface area contributed by atoms with E-state index in [-0.39, 0.29) is 13.2 Å². The molecule has 92 valence electrons. The Morgan fingerprint density at radius 3 is 2.33 bits per heavy atom. The number of likely N-dealkylation sites (N-methyl/N-ethyl adjacent to an activating group) is 1. The molecule has 0 aliphatic heterocycles. The highest BCUT2D eigenvalue weighted by Crippen LogP contribution is 2.23. The molecule has 0 amide bonds. The number of rotatable bonds is 6. The first-order valence-electron chi connectivity index (χ1n) is 4.47. The number of aliphatic hydroxyl groups excluding tert-OH is 1. The molecule has 0 spiro atoms. The molecule has 15 heavy (non-hydrogen) atoms. The number of nitrogens with zero attached hydrogens (tertiary/aromatic N) is 1. The number of methoxy groups -OCH3 is 1. The molecule has 0 saturated carbocycles. The van der Waals surface area contributed by atoms with Crippen LogP contribution >= 0.6 is 0 Å². The number of nitrogens with two attached hydrogens (primary N) is 1. The summed E-state index contributed by atoms with van der Waals surface area (Å²) in [5.74, 6) is 0. The Hall–Kier alpha value is -0.370. The minimum Gasteiger partial charge on any atom is -0.389 e. The number of alkyl halides is 3. The van der Waals surface area contributed by atoms with Crippen LogP contribution in [0.15, 0.2) is 0 Å².